The van der Waals surface area contributed by atoms with Crippen LogP contribution in [0.15, 0.2) is 28.7 Å². The van der Waals surface area contributed by atoms with Gasteiger partial charge in [-0.1, -0.05) is 15.9 Å². The number of anilines is 1. The molecule has 82 valence electrons. The minimum absolute atomic E-state index is 0.318. The summed E-state index contributed by atoms with van der Waals surface area (Å²) in [5.41, 5.74) is 1.29. The number of rotatable bonds is 3. The molecule has 2 rings (SSSR count). The highest BCUT2D eigenvalue weighted by Gasteiger charge is 2.21. The Morgan fingerprint density at radius 1 is 1.33 bits per heavy atom. The Kier molecular flexibility index (Phi) is 3.65. The smallest absolute Gasteiger partial charge is 0.0434 e. The van der Waals surface area contributed by atoms with Crippen molar-refractivity contribution in [3.63, 3.8) is 0 Å². The zero-order valence-electron chi connectivity index (χ0n) is 8.69. The first-order valence-electron chi connectivity index (χ1n) is 5.41. The summed E-state index contributed by atoms with van der Waals surface area (Å²) in [6.45, 7) is 2.52. The van der Waals surface area contributed by atoms with Gasteiger partial charge in [0.2, 0.25) is 0 Å². The van der Waals surface area contributed by atoms with E-state index >= 15 is 0 Å². The fourth-order valence-electron chi connectivity index (χ4n) is 2.14. The number of aliphatic hydroxyl groups is 1. The minimum Gasteiger partial charge on any atom is -0.396 e. The molecule has 0 aromatic heterocycles. The molecular formula is C12H16BrNO. The van der Waals surface area contributed by atoms with Gasteiger partial charge in [-0.2, -0.15) is 0 Å². The lowest BCUT2D eigenvalue weighted by Gasteiger charge is -2.18. The molecule has 1 aliphatic rings. The molecule has 1 saturated heterocycles. The van der Waals surface area contributed by atoms with E-state index in [9.17, 15) is 0 Å². The van der Waals surface area contributed by atoms with Crippen LogP contribution >= 0.6 is 15.9 Å². The number of benzene rings is 1. The quantitative estimate of drug-likeness (QED) is 0.912. The van der Waals surface area contributed by atoms with Crippen LogP contribution in [0.2, 0.25) is 0 Å². The molecule has 0 radical (unpaired) electrons. The predicted octanol–water partition coefficient (Wildman–Crippen LogP) is 2.66. The lowest BCUT2D eigenvalue weighted by atomic mass is 10.1. The van der Waals surface area contributed by atoms with Gasteiger partial charge in [0.15, 0.2) is 0 Å². The molecule has 1 fully saturated rings. The van der Waals surface area contributed by atoms with E-state index in [0.29, 0.717) is 12.5 Å². The molecule has 0 saturated carbocycles. The van der Waals surface area contributed by atoms with Crippen molar-refractivity contribution < 1.29 is 5.11 Å². The van der Waals surface area contributed by atoms with Gasteiger partial charge in [0.05, 0.1) is 0 Å². The second kappa shape index (κ2) is 4.99. The van der Waals surface area contributed by atoms with Gasteiger partial charge < -0.3 is 10.0 Å². The van der Waals surface area contributed by atoms with E-state index in [1.165, 1.54) is 12.1 Å². The van der Waals surface area contributed by atoms with E-state index in [1.54, 1.807) is 0 Å². The van der Waals surface area contributed by atoms with E-state index in [2.05, 4.69) is 45.1 Å². The van der Waals surface area contributed by atoms with Crippen LogP contribution < -0.4 is 4.90 Å². The van der Waals surface area contributed by atoms with E-state index in [-0.39, 0.29) is 0 Å². The SMILES string of the molecule is OCC[C@@H]1CCN(c2ccc(Br)cc2)C1. The Labute approximate surface area is 99.0 Å². The van der Waals surface area contributed by atoms with Crippen molar-refractivity contribution in [1.82, 2.24) is 0 Å². The molecule has 1 atom stereocenters. The molecule has 1 aliphatic heterocycles. The summed E-state index contributed by atoms with van der Waals surface area (Å²) in [6.07, 6.45) is 2.14. The first-order chi connectivity index (χ1) is 7.29. The third-order valence-electron chi connectivity index (χ3n) is 3.01. The van der Waals surface area contributed by atoms with Crippen molar-refractivity contribution >= 4 is 21.6 Å². The molecule has 1 N–H and O–H groups in total. The van der Waals surface area contributed by atoms with Gasteiger partial charge in [-0.15, -0.1) is 0 Å². The summed E-state index contributed by atoms with van der Waals surface area (Å²) >= 11 is 3.44. The standard InChI is InChI=1S/C12H16BrNO/c13-11-1-3-12(4-2-11)14-7-5-10(9-14)6-8-15/h1-4,10,15H,5-9H2/t10-/m0/s1. The normalized spacial score (nSPS) is 20.9. The molecular weight excluding hydrogens is 254 g/mol. The Hall–Kier alpha value is -0.540. The van der Waals surface area contributed by atoms with Crippen molar-refractivity contribution in [2.45, 2.75) is 12.8 Å². The molecule has 0 amide bonds. The monoisotopic (exact) mass is 269 g/mol. The molecule has 1 aromatic rings. The number of hydrogen-bond donors (Lipinski definition) is 1. The van der Waals surface area contributed by atoms with E-state index < -0.39 is 0 Å². The topological polar surface area (TPSA) is 23.5 Å². The fraction of sp³-hybridized carbons (Fsp3) is 0.500. The lowest BCUT2D eigenvalue weighted by Crippen LogP contribution is -2.19. The third-order valence-corrected chi connectivity index (χ3v) is 3.54. The second-order valence-electron chi connectivity index (χ2n) is 4.09. The molecule has 0 unspecified atom stereocenters. The van der Waals surface area contributed by atoms with Crippen LogP contribution in [0.5, 0.6) is 0 Å². The maximum Gasteiger partial charge on any atom is 0.0434 e. The van der Waals surface area contributed by atoms with Gasteiger partial charge in [0.1, 0.15) is 0 Å². The van der Waals surface area contributed by atoms with Gasteiger partial charge in [-0.3, -0.25) is 0 Å². The van der Waals surface area contributed by atoms with Crippen molar-refractivity contribution in [3.05, 3.63) is 28.7 Å². The highest BCUT2D eigenvalue weighted by molar-refractivity contribution is 9.10. The Bertz CT molecular complexity index is 312. The number of aliphatic hydroxyl groups excluding tert-OH is 1. The summed E-state index contributed by atoms with van der Waals surface area (Å²) in [7, 11) is 0. The number of nitrogens with zero attached hydrogens (tertiary/aromatic N) is 1. The summed E-state index contributed by atoms with van der Waals surface area (Å²) in [6, 6.07) is 8.44. The zero-order chi connectivity index (χ0) is 10.7. The van der Waals surface area contributed by atoms with Gasteiger partial charge in [0, 0.05) is 29.9 Å². The predicted molar refractivity (Wildman–Crippen MR) is 66.2 cm³/mol. The van der Waals surface area contributed by atoms with E-state index in [1.807, 2.05) is 0 Å². The first-order valence-corrected chi connectivity index (χ1v) is 6.20. The van der Waals surface area contributed by atoms with Crippen LogP contribution in [0.1, 0.15) is 12.8 Å². The number of halogens is 1. The highest BCUT2D eigenvalue weighted by atomic mass is 79.9. The van der Waals surface area contributed by atoms with Crippen LogP contribution in [0.4, 0.5) is 5.69 Å². The average molecular weight is 270 g/mol. The molecule has 0 bridgehead atoms. The second-order valence-corrected chi connectivity index (χ2v) is 5.01. The first kappa shape index (κ1) is 11.0. The van der Waals surface area contributed by atoms with Crippen molar-refractivity contribution in [2.24, 2.45) is 5.92 Å². The number of hydrogen-bond acceptors (Lipinski definition) is 2. The maximum atomic E-state index is 8.90. The molecule has 15 heavy (non-hydrogen) atoms. The van der Waals surface area contributed by atoms with Crippen LogP contribution in [-0.4, -0.2) is 24.8 Å². The van der Waals surface area contributed by atoms with Gasteiger partial charge in [-0.05, 0) is 43.0 Å². The average Bonchev–Trinajstić information content (AvgIpc) is 2.68. The van der Waals surface area contributed by atoms with Crippen molar-refractivity contribution in [3.8, 4) is 0 Å². The Balaban J connectivity index is 1.98. The molecule has 2 nitrogen and oxygen atoms in total. The van der Waals surface area contributed by atoms with Gasteiger partial charge >= 0.3 is 0 Å². The van der Waals surface area contributed by atoms with Gasteiger partial charge in [-0.25, -0.2) is 0 Å². The third kappa shape index (κ3) is 2.73. The van der Waals surface area contributed by atoms with Crippen LogP contribution in [0.25, 0.3) is 0 Å². The molecule has 0 spiro atoms. The van der Waals surface area contributed by atoms with E-state index in [0.717, 1.165) is 24.0 Å². The Morgan fingerprint density at radius 3 is 2.73 bits per heavy atom. The van der Waals surface area contributed by atoms with E-state index in [4.69, 9.17) is 5.11 Å². The van der Waals surface area contributed by atoms with Crippen LogP contribution in [-0.2, 0) is 0 Å². The van der Waals surface area contributed by atoms with Crippen molar-refractivity contribution in [1.29, 1.82) is 0 Å². The molecule has 1 heterocycles. The summed E-state index contributed by atoms with van der Waals surface area (Å²) in [5, 5.41) is 8.90. The van der Waals surface area contributed by atoms with Crippen LogP contribution in [0, 0.1) is 5.92 Å². The summed E-state index contributed by atoms with van der Waals surface area (Å²) in [5.74, 6) is 0.665. The Morgan fingerprint density at radius 2 is 2.07 bits per heavy atom. The highest BCUT2D eigenvalue weighted by Crippen LogP contribution is 2.26. The zero-order valence-corrected chi connectivity index (χ0v) is 10.3. The van der Waals surface area contributed by atoms with Crippen LogP contribution in [0.3, 0.4) is 0 Å². The maximum absolute atomic E-state index is 8.90. The van der Waals surface area contributed by atoms with Crippen molar-refractivity contribution in [2.75, 3.05) is 24.6 Å². The molecule has 0 aliphatic carbocycles. The lowest BCUT2D eigenvalue weighted by molar-refractivity contribution is 0.263. The van der Waals surface area contributed by atoms with Gasteiger partial charge in [0.25, 0.3) is 0 Å². The molecule has 1 aromatic carbocycles. The molecule has 3 heteroatoms. The summed E-state index contributed by atoms with van der Waals surface area (Å²) < 4.78 is 1.12. The largest absolute Gasteiger partial charge is 0.396 e. The summed E-state index contributed by atoms with van der Waals surface area (Å²) in [4.78, 5) is 2.40. The fourth-order valence-corrected chi connectivity index (χ4v) is 2.40. The minimum atomic E-state index is 0.318.